The lowest BCUT2D eigenvalue weighted by molar-refractivity contribution is -0.131. The molecule has 3 N–H and O–H groups in total. The Morgan fingerprint density at radius 2 is 2.06 bits per heavy atom. The van der Waals surface area contributed by atoms with Crippen molar-refractivity contribution in [2.75, 3.05) is 25.0 Å². The number of hydrogen-bond donors (Lipinski definition) is 3. The lowest BCUT2D eigenvalue weighted by Gasteiger charge is -2.12. The fourth-order valence-corrected chi connectivity index (χ4v) is 3.40. The predicted octanol–water partition coefficient (Wildman–Crippen LogP) is 4.43. The highest BCUT2D eigenvalue weighted by molar-refractivity contribution is 5.96. The molecule has 6 nitrogen and oxygen atoms in total. The third-order valence-corrected chi connectivity index (χ3v) is 4.87. The SMILES string of the molecule is CCNC(=O)c1ccc(-c2cnc3c(NCCC(F)(F)F)cc(C=CCO)cn23)cc1C. The fraction of sp³-hybridized carbons (Fsp3) is 0.304. The van der Waals surface area contributed by atoms with Crippen LogP contribution in [-0.2, 0) is 0 Å². The van der Waals surface area contributed by atoms with Crippen molar-refractivity contribution in [3.8, 4) is 11.3 Å². The molecule has 3 rings (SSSR count). The summed E-state index contributed by atoms with van der Waals surface area (Å²) in [7, 11) is 0. The van der Waals surface area contributed by atoms with Crippen LogP contribution in [-0.4, -0.2) is 46.3 Å². The van der Waals surface area contributed by atoms with Gasteiger partial charge in [0.15, 0.2) is 5.65 Å². The maximum atomic E-state index is 12.6. The number of aliphatic hydroxyl groups is 1. The highest BCUT2D eigenvalue weighted by atomic mass is 19.4. The topological polar surface area (TPSA) is 78.7 Å². The van der Waals surface area contributed by atoms with E-state index in [0.717, 1.165) is 16.8 Å². The van der Waals surface area contributed by atoms with Crippen molar-refractivity contribution in [1.29, 1.82) is 0 Å². The second kappa shape index (κ2) is 9.86. The summed E-state index contributed by atoms with van der Waals surface area (Å²) in [5.74, 6) is -0.151. The van der Waals surface area contributed by atoms with Crippen LogP contribution in [0.15, 0.2) is 42.7 Å². The first-order valence-electron chi connectivity index (χ1n) is 10.2. The third kappa shape index (κ3) is 5.47. The Labute approximate surface area is 183 Å². The minimum absolute atomic E-state index is 0.151. The molecule has 3 aromatic rings. The van der Waals surface area contributed by atoms with Crippen molar-refractivity contribution in [3.63, 3.8) is 0 Å². The monoisotopic (exact) mass is 446 g/mol. The summed E-state index contributed by atoms with van der Waals surface area (Å²) < 4.78 is 39.6. The quantitative estimate of drug-likeness (QED) is 0.478. The summed E-state index contributed by atoms with van der Waals surface area (Å²) in [6.45, 7) is 3.78. The summed E-state index contributed by atoms with van der Waals surface area (Å²) in [5.41, 5.74) is 4.53. The highest BCUT2D eigenvalue weighted by Gasteiger charge is 2.26. The molecule has 170 valence electrons. The van der Waals surface area contributed by atoms with Crippen molar-refractivity contribution in [1.82, 2.24) is 14.7 Å². The molecule has 2 aromatic heterocycles. The van der Waals surface area contributed by atoms with Gasteiger partial charge in [0, 0.05) is 30.4 Å². The molecule has 0 spiro atoms. The molecule has 1 amide bonds. The van der Waals surface area contributed by atoms with E-state index in [1.54, 1.807) is 41.1 Å². The molecule has 0 bridgehead atoms. The van der Waals surface area contributed by atoms with Gasteiger partial charge in [0.25, 0.3) is 5.91 Å². The van der Waals surface area contributed by atoms with E-state index in [1.165, 1.54) is 0 Å². The molecule has 9 heteroatoms. The van der Waals surface area contributed by atoms with Crippen LogP contribution in [0.1, 0.15) is 34.8 Å². The number of aliphatic hydroxyl groups excluding tert-OH is 1. The van der Waals surface area contributed by atoms with Crippen LogP contribution >= 0.6 is 0 Å². The van der Waals surface area contributed by atoms with Gasteiger partial charge in [0.05, 0.1) is 30.6 Å². The first-order chi connectivity index (χ1) is 15.2. The van der Waals surface area contributed by atoms with Gasteiger partial charge in [-0.1, -0.05) is 18.2 Å². The number of nitrogens with one attached hydrogen (secondary N) is 2. The first kappa shape index (κ1) is 23.3. The number of aryl methyl sites for hydroxylation is 1. The van der Waals surface area contributed by atoms with Crippen LogP contribution < -0.4 is 10.6 Å². The van der Waals surface area contributed by atoms with Gasteiger partial charge in [-0.05, 0) is 43.2 Å². The molecule has 1 aromatic carbocycles. The van der Waals surface area contributed by atoms with Gasteiger partial charge in [-0.3, -0.25) is 9.20 Å². The Morgan fingerprint density at radius 3 is 2.72 bits per heavy atom. The zero-order valence-electron chi connectivity index (χ0n) is 17.8. The zero-order valence-corrected chi connectivity index (χ0v) is 17.8. The minimum atomic E-state index is -4.26. The Kier molecular flexibility index (Phi) is 7.19. The number of carbonyl (C=O) groups is 1. The summed E-state index contributed by atoms with van der Waals surface area (Å²) >= 11 is 0. The van der Waals surface area contributed by atoms with E-state index in [1.807, 2.05) is 26.0 Å². The molecule has 2 heterocycles. The van der Waals surface area contributed by atoms with Crippen molar-refractivity contribution in [2.24, 2.45) is 0 Å². The smallest absolute Gasteiger partial charge is 0.390 e. The van der Waals surface area contributed by atoms with Gasteiger partial charge in [-0.25, -0.2) is 4.98 Å². The molecule has 0 unspecified atom stereocenters. The highest BCUT2D eigenvalue weighted by Crippen LogP contribution is 2.28. The Balaban J connectivity index is 2.03. The minimum Gasteiger partial charge on any atom is -0.392 e. The van der Waals surface area contributed by atoms with Crippen LogP contribution in [0.4, 0.5) is 18.9 Å². The number of imidazole rings is 1. The van der Waals surface area contributed by atoms with Crippen molar-refractivity contribution in [2.45, 2.75) is 26.4 Å². The van der Waals surface area contributed by atoms with Crippen LogP contribution in [0.2, 0.25) is 0 Å². The Bertz CT molecular complexity index is 1140. The summed E-state index contributed by atoms with van der Waals surface area (Å²) in [6, 6.07) is 7.13. The average molecular weight is 446 g/mol. The van der Waals surface area contributed by atoms with E-state index in [2.05, 4.69) is 15.6 Å². The van der Waals surface area contributed by atoms with Gasteiger partial charge >= 0.3 is 6.18 Å². The second-order valence-corrected chi connectivity index (χ2v) is 7.29. The molecular weight excluding hydrogens is 421 g/mol. The maximum Gasteiger partial charge on any atom is 0.390 e. The van der Waals surface area contributed by atoms with Crippen molar-refractivity contribution in [3.05, 3.63) is 59.4 Å². The molecule has 0 aliphatic rings. The largest absolute Gasteiger partial charge is 0.392 e. The van der Waals surface area contributed by atoms with Gasteiger partial charge in [0.2, 0.25) is 0 Å². The Morgan fingerprint density at radius 1 is 1.28 bits per heavy atom. The van der Waals surface area contributed by atoms with Gasteiger partial charge in [0.1, 0.15) is 0 Å². The number of aromatic nitrogens is 2. The van der Waals surface area contributed by atoms with Gasteiger partial charge in [-0.15, -0.1) is 0 Å². The fourth-order valence-electron chi connectivity index (χ4n) is 3.40. The number of pyridine rings is 1. The van der Waals surface area contributed by atoms with Crippen LogP contribution in [0, 0.1) is 6.92 Å². The number of rotatable bonds is 8. The van der Waals surface area contributed by atoms with Crippen molar-refractivity contribution >= 4 is 23.3 Å². The normalized spacial score (nSPS) is 11.9. The number of benzene rings is 1. The van der Waals surface area contributed by atoms with Crippen LogP contribution in [0.5, 0.6) is 0 Å². The number of hydrogen-bond acceptors (Lipinski definition) is 4. The first-order valence-corrected chi connectivity index (χ1v) is 10.2. The summed E-state index contributed by atoms with van der Waals surface area (Å²) in [4.78, 5) is 16.6. The number of anilines is 1. The lowest BCUT2D eigenvalue weighted by atomic mass is 10.0. The number of nitrogens with zero attached hydrogens (tertiary/aromatic N) is 2. The predicted molar refractivity (Wildman–Crippen MR) is 119 cm³/mol. The Hall–Kier alpha value is -3.33. The standard InChI is InChI=1S/C23H25F3N4O2/c1-3-27-22(32)18-7-6-17(11-15(18)2)20-13-29-21-19(28-9-8-23(24,25)26)12-16(5-4-10-31)14-30(20)21/h4-7,11-14,28,31H,3,8-10H2,1-2H3,(H,27,32). The zero-order chi connectivity index (χ0) is 23.3. The lowest BCUT2D eigenvalue weighted by Crippen LogP contribution is -2.23. The number of halogens is 3. The van der Waals surface area contributed by atoms with Gasteiger partial charge < -0.3 is 15.7 Å². The van der Waals surface area contributed by atoms with E-state index in [4.69, 9.17) is 5.11 Å². The molecule has 0 aliphatic heterocycles. The maximum absolute atomic E-state index is 12.6. The third-order valence-electron chi connectivity index (χ3n) is 4.87. The summed E-state index contributed by atoms with van der Waals surface area (Å²) in [6.07, 6.45) is 1.44. The van der Waals surface area contributed by atoms with E-state index >= 15 is 0 Å². The molecular formula is C23H25F3N4O2. The number of alkyl halides is 3. The van der Waals surface area contributed by atoms with E-state index in [0.29, 0.717) is 29.0 Å². The number of fused-ring (bicyclic) bond motifs is 1. The van der Waals surface area contributed by atoms with Gasteiger partial charge in [-0.2, -0.15) is 13.2 Å². The van der Waals surface area contributed by atoms with E-state index in [-0.39, 0.29) is 19.1 Å². The molecule has 0 fully saturated rings. The van der Waals surface area contributed by atoms with Crippen molar-refractivity contribution < 1.29 is 23.1 Å². The van der Waals surface area contributed by atoms with Crippen LogP contribution in [0.3, 0.4) is 0 Å². The van der Waals surface area contributed by atoms with Crippen LogP contribution in [0.25, 0.3) is 23.0 Å². The molecule has 0 saturated carbocycles. The summed E-state index contributed by atoms with van der Waals surface area (Å²) in [5, 5.41) is 14.7. The number of amides is 1. The molecule has 0 atom stereocenters. The molecule has 0 aliphatic carbocycles. The second-order valence-electron chi connectivity index (χ2n) is 7.29. The molecule has 32 heavy (non-hydrogen) atoms. The van der Waals surface area contributed by atoms with E-state index < -0.39 is 12.6 Å². The molecule has 0 radical (unpaired) electrons. The molecule has 0 saturated heterocycles. The van der Waals surface area contributed by atoms with E-state index in [9.17, 15) is 18.0 Å². The number of carbonyl (C=O) groups excluding carboxylic acids is 1. The average Bonchev–Trinajstić information content (AvgIpc) is 3.15.